The molecule has 112 valence electrons. The molecule has 0 bridgehead atoms. The summed E-state index contributed by atoms with van der Waals surface area (Å²) in [4.78, 5) is 2.54. The summed E-state index contributed by atoms with van der Waals surface area (Å²) in [6, 6.07) is 10.4. The summed E-state index contributed by atoms with van der Waals surface area (Å²) in [6.07, 6.45) is 3.79. The van der Waals surface area contributed by atoms with Crippen molar-refractivity contribution in [2.45, 2.75) is 52.1 Å². The number of nitrogens with zero attached hydrogens (tertiary/aromatic N) is 1. The maximum atomic E-state index is 3.63. The van der Waals surface area contributed by atoms with Crippen molar-refractivity contribution in [1.29, 1.82) is 0 Å². The van der Waals surface area contributed by atoms with Crippen LogP contribution in [0.1, 0.15) is 50.8 Å². The van der Waals surface area contributed by atoms with E-state index < -0.39 is 0 Å². The number of nitrogens with one attached hydrogen (secondary N) is 1. The van der Waals surface area contributed by atoms with E-state index in [0.29, 0.717) is 12.1 Å². The molecule has 1 aromatic carbocycles. The smallest absolute Gasteiger partial charge is 0.0385 e. The Morgan fingerprint density at radius 3 is 2.55 bits per heavy atom. The fourth-order valence-corrected chi connectivity index (χ4v) is 3.34. The highest BCUT2D eigenvalue weighted by Crippen LogP contribution is 2.34. The molecule has 1 aliphatic rings. The fraction of sp³-hybridized carbons (Fsp3) is 0.667. The van der Waals surface area contributed by atoms with Gasteiger partial charge in [-0.15, -0.1) is 0 Å². The maximum Gasteiger partial charge on any atom is 0.0385 e. The van der Waals surface area contributed by atoms with Crippen LogP contribution in [0, 0.1) is 5.92 Å². The van der Waals surface area contributed by atoms with E-state index in [4.69, 9.17) is 0 Å². The highest BCUT2D eigenvalue weighted by Gasteiger charge is 2.30. The van der Waals surface area contributed by atoms with Crippen LogP contribution in [0.3, 0.4) is 0 Å². The first kappa shape index (κ1) is 15.5. The van der Waals surface area contributed by atoms with Gasteiger partial charge in [-0.1, -0.05) is 45.0 Å². The third kappa shape index (κ3) is 3.83. The summed E-state index contributed by atoms with van der Waals surface area (Å²) in [6.45, 7) is 9.03. The molecular weight excluding hydrogens is 244 g/mol. The van der Waals surface area contributed by atoms with Crippen molar-refractivity contribution >= 4 is 0 Å². The third-order valence-corrected chi connectivity index (χ3v) is 4.52. The Morgan fingerprint density at radius 2 is 1.95 bits per heavy atom. The lowest BCUT2D eigenvalue weighted by Crippen LogP contribution is -2.41. The van der Waals surface area contributed by atoms with Crippen LogP contribution in [0.2, 0.25) is 0 Å². The van der Waals surface area contributed by atoms with Gasteiger partial charge >= 0.3 is 0 Å². The van der Waals surface area contributed by atoms with Crippen LogP contribution in [0.25, 0.3) is 0 Å². The first-order valence-corrected chi connectivity index (χ1v) is 8.14. The minimum atomic E-state index is 0.570. The van der Waals surface area contributed by atoms with Crippen LogP contribution in [0.5, 0.6) is 0 Å². The quantitative estimate of drug-likeness (QED) is 0.882. The number of aryl methyl sites for hydroxylation is 1. The molecule has 0 radical (unpaired) electrons. The zero-order chi connectivity index (χ0) is 14.5. The summed E-state index contributed by atoms with van der Waals surface area (Å²) in [7, 11) is 2.28. The predicted molar refractivity (Wildman–Crippen MR) is 87.1 cm³/mol. The van der Waals surface area contributed by atoms with Gasteiger partial charge < -0.3 is 5.32 Å². The zero-order valence-electron chi connectivity index (χ0n) is 13.5. The molecule has 1 heterocycles. The number of likely N-dealkylation sites (tertiary alicyclic amines) is 1. The predicted octanol–water partition coefficient (Wildman–Crippen LogP) is 3.63. The molecule has 0 saturated carbocycles. The monoisotopic (exact) mass is 274 g/mol. The summed E-state index contributed by atoms with van der Waals surface area (Å²) >= 11 is 0. The van der Waals surface area contributed by atoms with Crippen LogP contribution >= 0.6 is 0 Å². The Bertz CT molecular complexity index is 396. The summed E-state index contributed by atoms with van der Waals surface area (Å²) in [5, 5.41) is 3.63. The second-order valence-corrected chi connectivity index (χ2v) is 6.49. The third-order valence-electron chi connectivity index (χ3n) is 4.52. The molecule has 0 aromatic heterocycles. The molecular formula is C18H30N2. The van der Waals surface area contributed by atoms with Crippen molar-refractivity contribution in [2.24, 2.45) is 5.92 Å². The van der Waals surface area contributed by atoms with Crippen molar-refractivity contribution in [3.8, 4) is 0 Å². The minimum Gasteiger partial charge on any atom is -0.314 e. The second kappa shape index (κ2) is 7.24. The largest absolute Gasteiger partial charge is 0.314 e. The Hall–Kier alpha value is -0.860. The standard InChI is InChI=1S/C18H30N2/c1-5-15-8-10-16(11-9-15)18-17(13-19-14(2)3)7-6-12-20(18)4/h8-11,14,17-19H,5-7,12-13H2,1-4H3. The van der Waals surface area contributed by atoms with Crippen molar-refractivity contribution in [3.05, 3.63) is 35.4 Å². The minimum absolute atomic E-state index is 0.570. The van der Waals surface area contributed by atoms with Crippen molar-refractivity contribution in [3.63, 3.8) is 0 Å². The maximum absolute atomic E-state index is 3.63. The fourth-order valence-electron chi connectivity index (χ4n) is 3.34. The van der Waals surface area contributed by atoms with Gasteiger partial charge in [0.2, 0.25) is 0 Å². The summed E-state index contributed by atoms with van der Waals surface area (Å²) in [5.41, 5.74) is 2.92. The van der Waals surface area contributed by atoms with Gasteiger partial charge in [0.05, 0.1) is 0 Å². The van der Waals surface area contributed by atoms with Gasteiger partial charge in [-0.2, -0.15) is 0 Å². The van der Waals surface area contributed by atoms with Gasteiger partial charge in [-0.25, -0.2) is 0 Å². The summed E-state index contributed by atoms with van der Waals surface area (Å²) in [5.74, 6) is 0.726. The van der Waals surface area contributed by atoms with E-state index in [1.807, 2.05) is 0 Å². The van der Waals surface area contributed by atoms with Gasteiger partial charge in [0, 0.05) is 18.6 Å². The van der Waals surface area contributed by atoms with E-state index in [0.717, 1.165) is 18.9 Å². The average molecular weight is 274 g/mol. The van der Waals surface area contributed by atoms with Crippen molar-refractivity contribution < 1.29 is 0 Å². The number of piperidine rings is 1. The van der Waals surface area contributed by atoms with Gasteiger partial charge in [-0.05, 0) is 49.9 Å². The van der Waals surface area contributed by atoms with Crippen LogP contribution in [-0.2, 0) is 6.42 Å². The first-order valence-electron chi connectivity index (χ1n) is 8.14. The van der Waals surface area contributed by atoms with Crippen LogP contribution < -0.4 is 5.32 Å². The molecule has 20 heavy (non-hydrogen) atoms. The van der Waals surface area contributed by atoms with E-state index in [2.05, 4.69) is 62.3 Å². The first-order chi connectivity index (χ1) is 9.61. The van der Waals surface area contributed by atoms with Crippen molar-refractivity contribution in [1.82, 2.24) is 10.2 Å². The molecule has 0 amide bonds. The van der Waals surface area contributed by atoms with Gasteiger partial charge in [0.25, 0.3) is 0 Å². The molecule has 1 N–H and O–H groups in total. The lowest BCUT2D eigenvalue weighted by molar-refractivity contribution is 0.118. The molecule has 1 fully saturated rings. The van der Waals surface area contributed by atoms with Gasteiger partial charge in [0.1, 0.15) is 0 Å². The van der Waals surface area contributed by atoms with Crippen LogP contribution in [0.15, 0.2) is 24.3 Å². The molecule has 2 heteroatoms. The van der Waals surface area contributed by atoms with E-state index in [1.165, 1.54) is 30.5 Å². The van der Waals surface area contributed by atoms with E-state index in [-0.39, 0.29) is 0 Å². The molecule has 0 aliphatic carbocycles. The lowest BCUT2D eigenvalue weighted by atomic mass is 9.84. The Balaban J connectivity index is 2.13. The van der Waals surface area contributed by atoms with Crippen molar-refractivity contribution in [2.75, 3.05) is 20.1 Å². The molecule has 1 aliphatic heterocycles. The molecule has 1 saturated heterocycles. The molecule has 2 unspecified atom stereocenters. The van der Waals surface area contributed by atoms with E-state index in [1.54, 1.807) is 0 Å². The SMILES string of the molecule is CCc1ccc(C2C(CNC(C)C)CCCN2C)cc1. The Morgan fingerprint density at radius 1 is 1.25 bits per heavy atom. The molecule has 0 spiro atoms. The van der Waals surface area contributed by atoms with E-state index >= 15 is 0 Å². The highest BCUT2D eigenvalue weighted by molar-refractivity contribution is 5.26. The normalized spacial score (nSPS) is 24.2. The lowest BCUT2D eigenvalue weighted by Gasteiger charge is -2.40. The number of hydrogen-bond acceptors (Lipinski definition) is 2. The average Bonchev–Trinajstić information content (AvgIpc) is 2.45. The number of benzene rings is 1. The van der Waals surface area contributed by atoms with E-state index in [9.17, 15) is 0 Å². The zero-order valence-corrected chi connectivity index (χ0v) is 13.5. The highest BCUT2D eigenvalue weighted by atomic mass is 15.1. The van der Waals surface area contributed by atoms with Gasteiger partial charge in [-0.3, -0.25) is 4.90 Å². The van der Waals surface area contributed by atoms with Crippen LogP contribution in [-0.4, -0.2) is 31.1 Å². The second-order valence-electron chi connectivity index (χ2n) is 6.49. The molecule has 2 rings (SSSR count). The molecule has 2 atom stereocenters. The molecule has 2 nitrogen and oxygen atoms in total. The number of hydrogen-bond donors (Lipinski definition) is 1. The van der Waals surface area contributed by atoms with Gasteiger partial charge in [0.15, 0.2) is 0 Å². The van der Waals surface area contributed by atoms with Crippen LogP contribution in [0.4, 0.5) is 0 Å². The Kier molecular flexibility index (Phi) is 5.62. The summed E-state index contributed by atoms with van der Waals surface area (Å²) < 4.78 is 0. The topological polar surface area (TPSA) is 15.3 Å². The Labute approximate surface area is 124 Å². The number of rotatable bonds is 5. The molecule has 1 aromatic rings.